The van der Waals surface area contributed by atoms with E-state index >= 15 is 0 Å². The standard InChI is InChI=1S/C39H35N3O8S/c1-50-34-18-24(7-8-25(34)19-40-21-33(44)30-13-15-32(43)36-31(30)14-16-35(45)42-36)37(46)41-20-29-17-26(22-51-29)23-9-11-28(12-10-23)39(49,38(47)48)27-5-3-2-4-6-27/h2-18,22,33,40,43-44,49H,19-21H2,1H3,(H,41,46)(H,42,45)(H,47,48)/t33-,39-/m0/s1. The number of aliphatic hydroxyl groups is 2. The van der Waals surface area contributed by atoms with Gasteiger partial charge in [0.2, 0.25) is 11.2 Å². The number of nitrogens with one attached hydrogen (secondary N) is 3. The van der Waals surface area contributed by atoms with Gasteiger partial charge in [-0.25, -0.2) is 4.79 Å². The Bertz CT molecular complexity index is 2250. The number of carboxylic acids is 1. The topological polar surface area (TPSA) is 181 Å². The number of aromatic nitrogens is 1. The molecule has 2 aromatic heterocycles. The van der Waals surface area contributed by atoms with Gasteiger partial charge in [0.05, 0.1) is 25.3 Å². The monoisotopic (exact) mass is 705 g/mol. The maximum Gasteiger partial charge on any atom is 0.345 e. The second kappa shape index (κ2) is 15.0. The van der Waals surface area contributed by atoms with Crippen LogP contribution in [0.5, 0.6) is 11.5 Å². The number of aromatic hydroxyl groups is 1. The Morgan fingerprint density at radius 3 is 2.37 bits per heavy atom. The molecule has 0 aliphatic rings. The number of carboxylic acid groups (broad SMARTS) is 1. The lowest BCUT2D eigenvalue weighted by molar-refractivity contribution is -0.155. The number of ether oxygens (including phenoxy) is 1. The number of phenolic OH excluding ortho intramolecular Hbond substituents is 1. The number of H-pyrrole nitrogens is 1. The van der Waals surface area contributed by atoms with Gasteiger partial charge in [-0.05, 0) is 63.5 Å². The number of hydrogen-bond acceptors (Lipinski definition) is 9. The van der Waals surface area contributed by atoms with Crippen molar-refractivity contribution in [2.45, 2.75) is 24.8 Å². The zero-order valence-corrected chi connectivity index (χ0v) is 28.2. The average molecular weight is 706 g/mol. The minimum Gasteiger partial charge on any atom is -0.506 e. The summed E-state index contributed by atoms with van der Waals surface area (Å²) in [6.07, 6.45) is -0.927. The molecule has 11 nitrogen and oxygen atoms in total. The summed E-state index contributed by atoms with van der Waals surface area (Å²) in [6, 6.07) is 28.0. The molecule has 51 heavy (non-hydrogen) atoms. The van der Waals surface area contributed by atoms with Gasteiger partial charge in [-0.15, -0.1) is 11.3 Å². The fourth-order valence-corrected chi connectivity index (χ4v) is 6.76. The molecule has 0 radical (unpaired) electrons. The van der Waals surface area contributed by atoms with Crippen LogP contribution in [0.15, 0.2) is 113 Å². The summed E-state index contributed by atoms with van der Waals surface area (Å²) in [6.45, 7) is 0.809. The highest BCUT2D eigenvalue weighted by Crippen LogP contribution is 2.33. The number of aromatic amines is 1. The maximum atomic E-state index is 13.1. The van der Waals surface area contributed by atoms with E-state index in [0.717, 1.165) is 21.6 Å². The molecule has 0 unspecified atom stereocenters. The van der Waals surface area contributed by atoms with E-state index in [1.54, 1.807) is 84.9 Å². The molecule has 2 atom stereocenters. The van der Waals surface area contributed by atoms with Crippen molar-refractivity contribution in [3.8, 4) is 22.6 Å². The Kier molecular flexibility index (Phi) is 10.3. The van der Waals surface area contributed by atoms with Crippen LogP contribution in [0.1, 0.15) is 43.6 Å². The summed E-state index contributed by atoms with van der Waals surface area (Å²) in [5.74, 6) is -1.23. The highest BCUT2D eigenvalue weighted by molar-refractivity contribution is 7.10. The van der Waals surface area contributed by atoms with Crippen molar-refractivity contribution in [1.82, 2.24) is 15.6 Å². The summed E-state index contributed by atoms with van der Waals surface area (Å²) in [7, 11) is 1.52. The fraction of sp³-hybridized carbons (Fsp3) is 0.154. The molecule has 4 aromatic carbocycles. The molecule has 0 spiro atoms. The van der Waals surface area contributed by atoms with Gasteiger partial charge in [0.1, 0.15) is 11.5 Å². The lowest BCUT2D eigenvalue weighted by atomic mass is 9.86. The Labute approximate surface area is 296 Å². The third-order valence-electron chi connectivity index (χ3n) is 8.68. The van der Waals surface area contributed by atoms with Crippen LogP contribution in [-0.2, 0) is 23.5 Å². The molecule has 0 fully saturated rings. The molecule has 7 N–H and O–H groups in total. The third-order valence-corrected chi connectivity index (χ3v) is 9.62. The molecule has 12 heteroatoms. The Morgan fingerprint density at radius 2 is 1.65 bits per heavy atom. The Morgan fingerprint density at radius 1 is 0.902 bits per heavy atom. The fourth-order valence-electron chi connectivity index (χ4n) is 5.93. The molecule has 1 amide bonds. The van der Waals surface area contributed by atoms with Gasteiger partial charge in [0.25, 0.3) is 5.91 Å². The van der Waals surface area contributed by atoms with E-state index < -0.39 is 17.7 Å². The largest absolute Gasteiger partial charge is 0.506 e. The number of carbonyl (C=O) groups is 2. The quantitative estimate of drug-likeness (QED) is 0.0866. The van der Waals surface area contributed by atoms with Crippen LogP contribution < -0.4 is 20.9 Å². The smallest absolute Gasteiger partial charge is 0.345 e. The second-order valence-electron chi connectivity index (χ2n) is 11.9. The Balaban J connectivity index is 1.05. The molecule has 0 saturated carbocycles. The lowest BCUT2D eigenvalue weighted by Crippen LogP contribution is -2.36. The molecule has 0 aliphatic carbocycles. The van der Waals surface area contributed by atoms with Crippen LogP contribution in [0.2, 0.25) is 0 Å². The summed E-state index contributed by atoms with van der Waals surface area (Å²) in [5.41, 5.74) is 1.70. The minimum absolute atomic E-state index is 0.0816. The van der Waals surface area contributed by atoms with Crippen molar-refractivity contribution in [2.75, 3.05) is 13.7 Å². The van der Waals surface area contributed by atoms with Gasteiger partial charge in [0.15, 0.2) is 0 Å². The number of aliphatic hydroxyl groups excluding tert-OH is 1. The first-order chi connectivity index (χ1) is 24.6. The molecule has 260 valence electrons. The lowest BCUT2D eigenvalue weighted by Gasteiger charge is -2.24. The number of aliphatic carboxylic acids is 1. The normalized spacial score (nSPS) is 13.0. The van der Waals surface area contributed by atoms with Crippen LogP contribution in [0.25, 0.3) is 22.0 Å². The van der Waals surface area contributed by atoms with Gasteiger partial charge in [-0.3, -0.25) is 9.59 Å². The number of thiophene rings is 1. The molecule has 2 heterocycles. The minimum atomic E-state index is -2.18. The number of phenols is 1. The highest BCUT2D eigenvalue weighted by Gasteiger charge is 2.40. The van der Waals surface area contributed by atoms with Crippen LogP contribution in [0, 0.1) is 0 Å². The van der Waals surface area contributed by atoms with Crippen molar-refractivity contribution in [2.24, 2.45) is 0 Å². The SMILES string of the molecule is COc1cc(C(=O)NCc2cc(-c3ccc([C@](O)(C(=O)O)c4ccccc4)cc3)cs2)ccc1CNC[C@H](O)c1ccc(O)c2[nH]c(=O)ccc12. The number of pyridine rings is 1. The number of carbonyl (C=O) groups excluding carboxylic acids is 1. The van der Waals surface area contributed by atoms with Gasteiger partial charge in [-0.1, -0.05) is 66.7 Å². The first-order valence-electron chi connectivity index (χ1n) is 16.0. The maximum absolute atomic E-state index is 13.1. The predicted octanol–water partition coefficient (Wildman–Crippen LogP) is 5.04. The first-order valence-corrected chi connectivity index (χ1v) is 16.8. The summed E-state index contributed by atoms with van der Waals surface area (Å²) in [5, 5.41) is 50.6. The van der Waals surface area contributed by atoms with Gasteiger partial charge in [0, 0.05) is 40.5 Å². The van der Waals surface area contributed by atoms with Crippen LogP contribution in [0.3, 0.4) is 0 Å². The van der Waals surface area contributed by atoms with Crippen molar-refractivity contribution in [3.63, 3.8) is 0 Å². The molecule has 0 bridgehead atoms. The van der Waals surface area contributed by atoms with Gasteiger partial charge in [-0.2, -0.15) is 0 Å². The van der Waals surface area contributed by atoms with Crippen LogP contribution in [-0.4, -0.2) is 50.9 Å². The number of fused-ring (bicyclic) bond motifs is 1. The van der Waals surface area contributed by atoms with Crippen molar-refractivity contribution >= 4 is 34.1 Å². The van der Waals surface area contributed by atoms with Crippen LogP contribution >= 0.6 is 11.3 Å². The molecule has 6 rings (SSSR count). The highest BCUT2D eigenvalue weighted by atomic mass is 32.1. The molecule has 0 aliphatic heterocycles. The number of methoxy groups -OCH3 is 1. The molecular weight excluding hydrogens is 671 g/mol. The van der Waals surface area contributed by atoms with Crippen molar-refractivity contribution < 1.29 is 34.8 Å². The van der Waals surface area contributed by atoms with Crippen molar-refractivity contribution in [1.29, 1.82) is 0 Å². The van der Waals surface area contributed by atoms with Gasteiger partial charge < -0.3 is 40.8 Å². The van der Waals surface area contributed by atoms with E-state index in [-0.39, 0.29) is 46.9 Å². The van der Waals surface area contributed by atoms with Crippen molar-refractivity contribution in [3.05, 3.63) is 152 Å². The number of rotatable bonds is 13. The zero-order valence-electron chi connectivity index (χ0n) is 27.4. The second-order valence-corrected chi connectivity index (χ2v) is 12.9. The third kappa shape index (κ3) is 7.39. The van der Waals surface area contributed by atoms with E-state index in [2.05, 4.69) is 15.6 Å². The number of benzene rings is 4. The van der Waals surface area contributed by atoms with E-state index in [0.29, 0.717) is 28.8 Å². The first kappa shape index (κ1) is 35.1. The predicted molar refractivity (Wildman–Crippen MR) is 194 cm³/mol. The van der Waals surface area contributed by atoms with Crippen LogP contribution in [0.4, 0.5) is 0 Å². The molecular formula is C39H35N3O8S. The van der Waals surface area contributed by atoms with E-state index in [4.69, 9.17) is 4.74 Å². The summed E-state index contributed by atoms with van der Waals surface area (Å²) in [4.78, 5) is 40.4. The zero-order chi connectivity index (χ0) is 36.1. The summed E-state index contributed by atoms with van der Waals surface area (Å²) < 4.78 is 5.55. The van der Waals surface area contributed by atoms with E-state index in [9.17, 15) is 34.8 Å². The number of amides is 1. The summed E-state index contributed by atoms with van der Waals surface area (Å²) >= 11 is 1.48. The van der Waals surface area contributed by atoms with E-state index in [1.807, 2.05) is 11.4 Å². The molecule has 6 aromatic rings. The average Bonchev–Trinajstić information content (AvgIpc) is 3.63. The Hall–Kier alpha value is -5.79. The van der Waals surface area contributed by atoms with E-state index in [1.165, 1.54) is 30.6 Å². The van der Waals surface area contributed by atoms with Gasteiger partial charge >= 0.3 is 5.97 Å². The number of hydrogen-bond donors (Lipinski definition) is 7. The molecule has 0 saturated heterocycles.